The van der Waals surface area contributed by atoms with Crippen molar-refractivity contribution in [1.29, 1.82) is 0 Å². The van der Waals surface area contributed by atoms with Crippen LogP contribution in [-0.4, -0.2) is 78.7 Å². The van der Waals surface area contributed by atoms with E-state index >= 15 is 4.39 Å². The highest BCUT2D eigenvalue weighted by Crippen LogP contribution is 2.34. The number of hydrogen-bond acceptors (Lipinski definition) is 9. The Balaban J connectivity index is 1.44. The molecule has 2 unspecified atom stereocenters. The maximum absolute atomic E-state index is 15.1. The number of carbonyl (C=O) groups excluding carboxylic acids is 2. The molecule has 4 aromatic rings. The van der Waals surface area contributed by atoms with Crippen LogP contribution in [0.2, 0.25) is 0 Å². The predicted octanol–water partition coefficient (Wildman–Crippen LogP) is 5.31. The Morgan fingerprint density at radius 1 is 0.873 bits per heavy atom. The van der Waals surface area contributed by atoms with Crippen LogP contribution in [0.4, 0.5) is 9.18 Å². The second kappa shape index (κ2) is 18.5. The molecule has 1 heterocycles. The third-order valence-electron chi connectivity index (χ3n) is 10.0. The molecule has 55 heavy (non-hydrogen) atoms. The molecule has 0 saturated carbocycles. The fraction of sp³-hybridized carbons (Fsp3) is 0.395. The van der Waals surface area contributed by atoms with Gasteiger partial charge < -0.3 is 40.2 Å². The van der Waals surface area contributed by atoms with E-state index in [1.807, 2.05) is 54.6 Å². The summed E-state index contributed by atoms with van der Waals surface area (Å²) in [5.74, 6) is -0.488. The number of aliphatic hydroxyl groups excluding tert-OH is 3. The molecule has 12 heteroatoms. The van der Waals surface area contributed by atoms with Crippen LogP contribution in [0.1, 0.15) is 49.9 Å². The summed E-state index contributed by atoms with van der Waals surface area (Å²) in [6.45, 7) is 5.39. The first kappa shape index (κ1) is 41.2. The number of para-hydroxylation sites is 1. The van der Waals surface area contributed by atoms with Crippen LogP contribution in [0, 0.1) is 17.2 Å². The number of methoxy groups -OCH3 is 2. The summed E-state index contributed by atoms with van der Waals surface area (Å²) in [5, 5.41) is 43.5. The fourth-order valence-corrected chi connectivity index (χ4v) is 6.89. The van der Waals surface area contributed by atoms with E-state index in [0.29, 0.717) is 16.9 Å². The van der Waals surface area contributed by atoms with Crippen LogP contribution in [0.5, 0.6) is 11.5 Å². The zero-order chi connectivity index (χ0) is 39.7. The molecule has 7 atom stereocenters. The van der Waals surface area contributed by atoms with Gasteiger partial charge in [0.15, 0.2) is 0 Å². The normalized spacial score (nSPS) is 18.1. The van der Waals surface area contributed by atoms with Crippen molar-refractivity contribution in [2.24, 2.45) is 11.3 Å². The number of nitrogens with one attached hydrogen (secondary N) is 3. The van der Waals surface area contributed by atoms with Gasteiger partial charge in [0.1, 0.15) is 42.3 Å². The van der Waals surface area contributed by atoms with Crippen LogP contribution < -0.4 is 25.4 Å². The number of alkyl carbamates (subject to hydrolysis) is 1. The van der Waals surface area contributed by atoms with Crippen LogP contribution in [-0.2, 0) is 22.4 Å². The van der Waals surface area contributed by atoms with Crippen molar-refractivity contribution in [3.05, 3.63) is 120 Å². The Hall–Kier alpha value is -5.01. The average molecular weight is 758 g/mol. The molecule has 5 rings (SSSR count). The molecular formula is C43H52FN3O8. The van der Waals surface area contributed by atoms with E-state index in [9.17, 15) is 24.9 Å². The lowest BCUT2D eigenvalue weighted by atomic mass is 9.84. The van der Waals surface area contributed by atoms with E-state index in [0.717, 1.165) is 22.4 Å². The standard InChI is InChI=1S/C43H52FN3O8/c1-43(2,3)39(47-42(52)54-5)41(51)45-34(22-26-14-16-27(17-15-26)28-18-20-31(53-4)21-19-28)35(48)24-30(23-29-10-6-8-12-33(29)44)40(50)46-38-32-11-7-9-13-37(32)55-25-36(38)49/h6-21,30,34-36,38-40,46,48-50H,22-25H2,1-5H3,(H,45,51)(H,47,52)/t30-,34+,35+,36-,38?,39-,40?/m1/s1. The van der Waals surface area contributed by atoms with E-state index in [1.165, 1.54) is 13.2 Å². The summed E-state index contributed by atoms with van der Waals surface area (Å²) in [6.07, 6.45) is -4.22. The van der Waals surface area contributed by atoms with Gasteiger partial charge in [-0.1, -0.05) is 93.6 Å². The number of fused-ring (bicyclic) bond motifs is 1. The van der Waals surface area contributed by atoms with Crippen molar-refractivity contribution < 1.29 is 43.5 Å². The Morgan fingerprint density at radius 3 is 2.15 bits per heavy atom. The predicted molar refractivity (Wildman–Crippen MR) is 207 cm³/mol. The SMILES string of the molecule is COC(=O)N[C@H](C(=O)N[C@@H](Cc1ccc(-c2ccc(OC)cc2)cc1)[C@@H](O)C[C@@H](Cc1ccccc1F)C(O)NC1c2ccccc2OC[C@H]1O)C(C)(C)C. The van der Waals surface area contributed by atoms with Crippen molar-refractivity contribution in [1.82, 2.24) is 16.0 Å². The molecule has 0 spiro atoms. The molecule has 0 aliphatic carbocycles. The maximum atomic E-state index is 15.1. The topological polar surface area (TPSA) is 159 Å². The fourth-order valence-electron chi connectivity index (χ4n) is 6.89. The molecule has 294 valence electrons. The first-order valence-corrected chi connectivity index (χ1v) is 18.4. The average Bonchev–Trinajstić information content (AvgIpc) is 3.17. The van der Waals surface area contributed by atoms with Gasteiger partial charge in [-0.15, -0.1) is 0 Å². The van der Waals surface area contributed by atoms with Gasteiger partial charge >= 0.3 is 6.09 Å². The van der Waals surface area contributed by atoms with E-state index in [1.54, 1.807) is 64.3 Å². The molecule has 0 aromatic heterocycles. The van der Waals surface area contributed by atoms with Crippen molar-refractivity contribution in [2.45, 2.75) is 76.6 Å². The van der Waals surface area contributed by atoms with Crippen LogP contribution in [0.25, 0.3) is 11.1 Å². The highest BCUT2D eigenvalue weighted by atomic mass is 19.1. The number of halogens is 1. The van der Waals surface area contributed by atoms with E-state index in [2.05, 4.69) is 16.0 Å². The summed E-state index contributed by atoms with van der Waals surface area (Å²) < 4.78 is 30.8. The number of rotatable bonds is 15. The number of ether oxygens (including phenoxy) is 3. The third-order valence-corrected chi connectivity index (χ3v) is 10.0. The molecule has 11 nitrogen and oxygen atoms in total. The van der Waals surface area contributed by atoms with Crippen molar-refractivity contribution in [3.63, 3.8) is 0 Å². The second-order valence-electron chi connectivity index (χ2n) is 15.0. The lowest BCUT2D eigenvalue weighted by Gasteiger charge is -2.36. The summed E-state index contributed by atoms with van der Waals surface area (Å²) in [6, 6.07) is 26.2. The van der Waals surface area contributed by atoms with Gasteiger partial charge in [0, 0.05) is 11.5 Å². The van der Waals surface area contributed by atoms with Gasteiger partial charge in [0.05, 0.1) is 32.4 Å². The van der Waals surface area contributed by atoms with Gasteiger partial charge in [-0.2, -0.15) is 0 Å². The number of amides is 2. The summed E-state index contributed by atoms with van der Waals surface area (Å²) in [7, 11) is 2.82. The van der Waals surface area contributed by atoms with Gasteiger partial charge in [-0.05, 0) is 71.2 Å². The van der Waals surface area contributed by atoms with E-state index in [4.69, 9.17) is 14.2 Å². The molecule has 2 amide bonds. The Labute approximate surface area is 321 Å². The molecule has 1 aliphatic rings. The van der Waals surface area contributed by atoms with Gasteiger partial charge in [-0.25, -0.2) is 9.18 Å². The molecule has 0 radical (unpaired) electrons. The largest absolute Gasteiger partial charge is 0.497 e. The van der Waals surface area contributed by atoms with Gasteiger partial charge in [0.25, 0.3) is 0 Å². The zero-order valence-electron chi connectivity index (χ0n) is 31.9. The highest BCUT2D eigenvalue weighted by Gasteiger charge is 2.38. The van der Waals surface area contributed by atoms with Crippen LogP contribution in [0.15, 0.2) is 97.1 Å². The highest BCUT2D eigenvalue weighted by molar-refractivity contribution is 5.86. The molecule has 0 saturated heterocycles. The molecule has 6 N–H and O–H groups in total. The zero-order valence-corrected chi connectivity index (χ0v) is 31.9. The second-order valence-corrected chi connectivity index (χ2v) is 15.0. The summed E-state index contributed by atoms with van der Waals surface area (Å²) in [5.41, 5.74) is 2.99. The number of aliphatic hydroxyl groups is 3. The van der Waals surface area contributed by atoms with Crippen molar-refractivity contribution in [2.75, 3.05) is 20.8 Å². The van der Waals surface area contributed by atoms with E-state index in [-0.39, 0.29) is 25.9 Å². The lowest BCUT2D eigenvalue weighted by molar-refractivity contribution is -0.127. The van der Waals surface area contributed by atoms with Crippen LogP contribution >= 0.6 is 0 Å². The smallest absolute Gasteiger partial charge is 0.407 e. The Kier molecular flexibility index (Phi) is 13.9. The molecule has 0 fully saturated rings. The molecule has 4 aromatic carbocycles. The number of hydrogen-bond donors (Lipinski definition) is 6. The van der Waals surface area contributed by atoms with E-state index < -0.39 is 65.7 Å². The number of benzene rings is 4. The summed E-state index contributed by atoms with van der Waals surface area (Å²) in [4.78, 5) is 26.2. The van der Waals surface area contributed by atoms with Crippen LogP contribution in [0.3, 0.4) is 0 Å². The minimum Gasteiger partial charge on any atom is -0.497 e. The quantitative estimate of drug-likeness (QED) is 0.0885. The summed E-state index contributed by atoms with van der Waals surface area (Å²) >= 11 is 0. The Bertz CT molecular complexity index is 1870. The maximum Gasteiger partial charge on any atom is 0.407 e. The van der Waals surface area contributed by atoms with Gasteiger partial charge in [0.2, 0.25) is 5.91 Å². The number of carbonyl (C=O) groups is 2. The first-order valence-electron chi connectivity index (χ1n) is 18.4. The monoisotopic (exact) mass is 757 g/mol. The van der Waals surface area contributed by atoms with Crippen molar-refractivity contribution >= 4 is 12.0 Å². The molecular weight excluding hydrogens is 705 g/mol. The minimum atomic E-state index is -1.33. The first-order chi connectivity index (χ1) is 26.3. The molecule has 0 bridgehead atoms. The van der Waals surface area contributed by atoms with Gasteiger partial charge in [-0.3, -0.25) is 10.1 Å². The van der Waals surface area contributed by atoms with Crippen molar-refractivity contribution in [3.8, 4) is 22.6 Å². The third kappa shape index (κ3) is 10.8. The molecule has 1 aliphatic heterocycles. The minimum absolute atomic E-state index is 0.00190. The Morgan fingerprint density at radius 2 is 1.51 bits per heavy atom. The lowest BCUT2D eigenvalue weighted by Crippen LogP contribution is -2.58.